The highest BCUT2D eigenvalue weighted by Gasteiger charge is 2.34. The average Bonchev–Trinajstić information content (AvgIpc) is 2.78. The van der Waals surface area contributed by atoms with Gasteiger partial charge in [-0.2, -0.15) is 8.78 Å². The monoisotopic (exact) mass is 482 g/mol. The van der Waals surface area contributed by atoms with E-state index in [1.165, 1.54) is 30.3 Å². The Hall–Kier alpha value is -3.16. The molecule has 0 heterocycles. The fraction of sp³-hybridized carbons (Fsp3) is 0.308. The molecule has 34 heavy (non-hydrogen) atoms. The minimum Gasteiger partial charge on any atom is -0.429 e. The van der Waals surface area contributed by atoms with Crippen molar-refractivity contribution in [3.63, 3.8) is 0 Å². The zero-order valence-corrected chi connectivity index (χ0v) is 18.5. The lowest BCUT2D eigenvalue weighted by atomic mass is 10.0. The number of rotatable bonds is 10. The second kappa shape index (κ2) is 10.8. The molecule has 0 aliphatic heterocycles. The minimum absolute atomic E-state index is 0.0106. The molecule has 0 aromatic heterocycles. The van der Waals surface area contributed by atoms with Crippen LogP contribution in [0.25, 0.3) is 0 Å². The van der Waals surface area contributed by atoms with Crippen LogP contribution in [0, 0.1) is 5.82 Å². The van der Waals surface area contributed by atoms with Gasteiger partial charge < -0.3 is 9.47 Å². The molecule has 0 amide bonds. The van der Waals surface area contributed by atoms with Gasteiger partial charge in [0.1, 0.15) is 5.75 Å². The fourth-order valence-electron chi connectivity index (χ4n) is 3.37. The van der Waals surface area contributed by atoms with E-state index in [2.05, 4.69) is 11.7 Å². The van der Waals surface area contributed by atoms with E-state index in [1.54, 1.807) is 24.3 Å². The standard InChI is InChI=1S/C26H24F6O2/c1-2-3-4-18-7-12-21(13-8-18)25(28,29)33-22-14-9-19(10-15-22)5-6-20-11-16-24(23(27)17-20)34-26(30,31)32/h7-17H,2-6H2,1H3. The van der Waals surface area contributed by atoms with Crippen molar-refractivity contribution in [2.24, 2.45) is 0 Å². The molecule has 0 saturated heterocycles. The van der Waals surface area contributed by atoms with E-state index in [4.69, 9.17) is 4.74 Å². The van der Waals surface area contributed by atoms with Gasteiger partial charge in [0.2, 0.25) is 0 Å². The van der Waals surface area contributed by atoms with Crippen molar-refractivity contribution in [1.82, 2.24) is 0 Å². The Balaban J connectivity index is 1.57. The molecular formula is C26H24F6O2. The molecule has 0 atom stereocenters. The molecule has 2 nitrogen and oxygen atoms in total. The van der Waals surface area contributed by atoms with E-state index in [-0.39, 0.29) is 11.3 Å². The van der Waals surface area contributed by atoms with Crippen LogP contribution in [0.2, 0.25) is 0 Å². The molecule has 0 aliphatic carbocycles. The second-order valence-corrected chi connectivity index (χ2v) is 7.88. The van der Waals surface area contributed by atoms with Gasteiger partial charge in [0.15, 0.2) is 11.6 Å². The van der Waals surface area contributed by atoms with Crippen molar-refractivity contribution in [1.29, 1.82) is 0 Å². The number of hydrogen-bond acceptors (Lipinski definition) is 2. The summed E-state index contributed by atoms with van der Waals surface area (Å²) in [4.78, 5) is 0. The molecule has 0 saturated carbocycles. The molecule has 182 valence electrons. The van der Waals surface area contributed by atoms with Gasteiger partial charge in [-0.15, -0.1) is 13.2 Å². The van der Waals surface area contributed by atoms with Crippen LogP contribution in [-0.4, -0.2) is 6.36 Å². The fourth-order valence-corrected chi connectivity index (χ4v) is 3.37. The largest absolute Gasteiger partial charge is 0.573 e. The van der Waals surface area contributed by atoms with Gasteiger partial charge in [0, 0.05) is 0 Å². The van der Waals surface area contributed by atoms with Crippen molar-refractivity contribution in [2.75, 3.05) is 0 Å². The van der Waals surface area contributed by atoms with Gasteiger partial charge in [0.25, 0.3) is 0 Å². The predicted octanol–water partition coefficient (Wildman–Crippen LogP) is 7.98. The Labute approximate surface area is 194 Å². The Kier molecular flexibility index (Phi) is 8.12. The third kappa shape index (κ3) is 7.43. The molecule has 0 fully saturated rings. The SMILES string of the molecule is CCCCc1ccc(C(F)(F)Oc2ccc(CCc3ccc(OC(F)(F)F)c(F)c3)cc2)cc1. The first-order valence-electron chi connectivity index (χ1n) is 10.8. The van der Waals surface area contributed by atoms with E-state index in [1.807, 2.05) is 0 Å². The van der Waals surface area contributed by atoms with E-state index in [0.717, 1.165) is 42.5 Å². The number of benzene rings is 3. The van der Waals surface area contributed by atoms with Crippen LogP contribution in [0.15, 0.2) is 66.7 Å². The summed E-state index contributed by atoms with van der Waals surface area (Å²) in [5.74, 6) is -2.02. The Morgan fingerprint density at radius 1 is 0.676 bits per heavy atom. The number of ether oxygens (including phenoxy) is 2. The first-order chi connectivity index (χ1) is 16.1. The summed E-state index contributed by atoms with van der Waals surface area (Å²) in [5.41, 5.74) is 2.00. The maximum atomic E-state index is 14.5. The lowest BCUT2D eigenvalue weighted by Gasteiger charge is -2.19. The van der Waals surface area contributed by atoms with E-state index >= 15 is 0 Å². The lowest BCUT2D eigenvalue weighted by Crippen LogP contribution is -2.21. The van der Waals surface area contributed by atoms with Crippen molar-refractivity contribution >= 4 is 0 Å². The van der Waals surface area contributed by atoms with Crippen molar-refractivity contribution in [3.8, 4) is 11.5 Å². The van der Waals surface area contributed by atoms with Gasteiger partial charge in [-0.1, -0.05) is 43.7 Å². The lowest BCUT2D eigenvalue weighted by molar-refractivity contribution is -0.275. The van der Waals surface area contributed by atoms with Gasteiger partial charge in [-0.3, -0.25) is 0 Å². The van der Waals surface area contributed by atoms with Crippen LogP contribution in [-0.2, 0) is 25.4 Å². The molecule has 3 aromatic carbocycles. The van der Waals surface area contributed by atoms with Crippen molar-refractivity contribution < 1.29 is 35.8 Å². The summed E-state index contributed by atoms with van der Waals surface area (Å²) in [7, 11) is 0. The van der Waals surface area contributed by atoms with Crippen molar-refractivity contribution in [2.45, 2.75) is 51.5 Å². The van der Waals surface area contributed by atoms with Gasteiger partial charge >= 0.3 is 12.5 Å². The molecule has 3 aromatic rings. The molecule has 0 N–H and O–H groups in total. The summed E-state index contributed by atoms with van der Waals surface area (Å²) in [6.07, 6.45) is -4.85. The third-order valence-electron chi connectivity index (χ3n) is 5.20. The maximum absolute atomic E-state index is 14.5. The number of aryl methyl sites for hydroxylation is 3. The van der Waals surface area contributed by atoms with Crippen LogP contribution in [0.3, 0.4) is 0 Å². The highest BCUT2D eigenvalue weighted by molar-refractivity contribution is 5.32. The van der Waals surface area contributed by atoms with Crippen LogP contribution in [0.4, 0.5) is 26.3 Å². The molecule has 0 spiro atoms. The summed E-state index contributed by atoms with van der Waals surface area (Å²) in [6.45, 7) is 2.07. The second-order valence-electron chi connectivity index (χ2n) is 7.88. The van der Waals surface area contributed by atoms with E-state index < -0.39 is 24.0 Å². The van der Waals surface area contributed by atoms with Gasteiger partial charge in [0.05, 0.1) is 5.56 Å². The molecule has 8 heteroatoms. The Morgan fingerprint density at radius 2 is 1.24 bits per heavy atom. The van der Waals surface area contributed by atoms with Crippen LogP contribution >= 0.6 is 0 Å². The molecule has 3 rings (SSSR count). The number of unbranched alkanes of at least 4 members (excludes halogenated alkanes) is 1. The summed E-state index contributed by atoms with van der Waals surface area (Å²) >= 11 is 0. The molecule has 0 radical (unpaired) electrons. The number of alkyl halides is 5. The first-order valence-corrected chi connectivity index (χ1v) is 10.8. The quantitative estimate of drug-likeness (QED) is 0.273. The highest BCUT2D eigenvalue weighted by Crippen LogP contribution is 2.32. The molecular weight excluding hydrogens is 458 g/mol. The topological polar surface area (TPSA) is 18.5 Å². The maximum Gasteiger partial charge on any atom is 0.573 e. The smallest absolute Gasteiger partial charge is 0.429 e. The number of halogens is 6. The van der Waals surface area contributed by atoms with E-state index in [9.17, 15) is 26.3 Å². The van der Waals surface area contributed by atoms with Crippen LogP contribution in [0.1, 0.15) is 42.0 Å². The van der Waals surface area contributed by atoms with Gasteiger partial charge in [-0.05, 0) is 78.8 Å². The zero-order valence-electron chi connectivity index (χ0n) is 18.5. The summed E-state index contributed by atoms with van der Waals surface area (Å²) in [6, 6.07) is 15.4. The van der Waals surface area contributed by atoms with Crippen molar-refractivity contribution in [3.05, 3.63) is 94.8 Å². The predicted molar refractivity (Wildman–Crippen MR) is 117 cm³/mol. The average molecular weight is 482 g/mol. The van der Waals surface area contributed by atoms with E-state index in [0.29, 0.717) is 18.4 Å². The summed E-state index contributed by atoms with van der Waals surface area (Å²) in [5, 5.41) is 0. The van der Waals surface area contributed by atoms with Crippen LogP contribution in [0.5, 0.6) is 11.5 Å². The van der Waals surface area contributed by atoms with Crippen LogP contribution < -0.4 is 9.47 Å². The highest BCUT2D eigenvalue weighted by atomic mass is 19.4. The molecule has 0 bridgehead atoms. The van der Waals surface area contributed by atoms with Gasteiger partial charge in [-0.25, -0.2) is 4.39 Å². The third-order valence-corrected chi connectivity index (χ3v) is 5.20. The minimum atomic E-state index is -4.97. The zero-order chi connectivity index (χ0) is 24.8. The Morgan fingerprint density at radius 3 is 1.82 bits per heavy atom. The Bertz CT molecular complexity index is 1060. The summed E-state index contributed by atoms with van der Waals surface area (Å²) < 4.78 is 88.1. The molecule has 0 aliphatic rings. The number of hydrogen-bond donors (Lipinski definition) is 0. The molecule has 0 unspecified atom stereocenters. The first kappa shape index (κ1) is 25.5. The normalized spacial score (nSPS) is 12.0.